The normalized spacial score (nSPS) is 19.6. The summed E-state index contributed by atoms with van der Waals surface area (Å²) < 4.78 is 6.07. The summed E-state index contributed by atoms with van der Waals surface area (Å²) >= 11 is 0. The molecule has 0 heterocycles. The first-order valence-corrected chi connectivity index (χ1v) is 15.8. The van der Waals surface area contributed by atoms with Gasteiger partial charge in [-0.1, -0.05) is 141 Å². The maximum absolute atomic E-state index is 13.0. The molecule has 0 saturated heterocycles. The Balaban J connectivity index is 1.74. The van der Waals surface area contributed by atoms with Gasteiger partial charge in [0.25, 0.3) is 0 Å². The fourth-order valence-corrected chi connectivity index (χ4v) is 6.04. The summed E-state index contributed by atoms with van der Waals surface area (Å²) in [5.74, 6) is 0.785. The van der Waals surface area contributed by atoms with Crippen molar-refractivity contribution in [3.8, 4) is 0 Å². The van der Waals surface area contributed by atoms with Crippen LogP contribution in [0.1, 0.15) is 161 Å². The molecule has 1 unspecified atom stereocenters. The molecule has 2 heteroatoms. The molecule has 1 atom stereocenters. The third-order valence-corrected chi connectivity index (χ3v) is 8.66. The smallest absolute Gasteiger partial charge is 0.308 e. The minimum atomic E-state index is 0.0756. The summed E-state index contributed by atoms with van der Waals surface area (Å²) in [4.78, 5) is 13.0. The number of esters is 1. The van der Waals surface area contributed by atoms with Crippen molar-refractivity contribution in [1.82, 2.24) is 0 Å². The highest BCUT2D eigenvalue weighted by atomic mass is 16.5. The van der Waals surface area contributed by atoms with Gasteiger partial charge in [0.1, 0.15) is 0 Å². The van der Waals surface area contributed by atoms with Crippen molar-refractivity contribution in [3.05, 3.63) is 35.9 Å². The van der Waals surface area contributed by atoms with E-state index in [0.717, 1.165) is 25.7 Å². The lowest BCUT2D eigenvalue weighted by Gasteiger charge is -2.32. The largest absolute Gasteiger partial charge is 0.465 e. The number of carbonyl (C=O) groups is 1. The molecule has 1 aliphatic rings. The first-order chi connectivity index (χ1) is 17.6. The van der Waals surface area contributed by atoms with E-state index in [1.165, 1.54) is 108 Å². The maximum atomic E-state index is 13.0. The molecule has 2 nitrogen and oxygen atoms in total. The van der Waals surface area contributed by atoms with Crippen LogP contribution in [0, 0.1) is 11.3 Å². The second kappa shape index (κ2) is 18.9. The maximum Gasteiger partial charge on any atom is 0.308 e. The number of rotatable bonds is 20. The first-order valence-electron chi connectivity index (χ1n) is 15.8. The predicted octanol–water partition coefficient (Wildman–Crippen LogP) is 10.8. The lowest BCUT2D eigenvalue weighted by molar-refractivity contribution is -0.153. The van der Waals surface area contributed by atoms with Crippen LogP contribution in [-0.2, 0) is 9.53 Å². The summed E-state index contributed by atoms with van der Waals surface area (Å²) in [6.45, 7) is 7.58. The van der Waals surface area contributed by atoms with E-state index in [9.17, 15) is 4.79 Å². The Labute approximate surface area is 224 Å². The summed E-state index contributed by atoms with van der Waals surface area (Å²) in [6.07, 6.45) is 25.4. The van der Waals surface area contributed by atoms with E-state index in [-0.39, 0.29) is 17.3 Å². The zero-order valence-electron chi connectivity index (χ0n) is 24.2. The average Bonchev–Trinajstić information content (AvgIpc) is 2.91. The Kier molecular flexibility index (Phi) is 16.2. The molecule has 1 aliphatic carbocycles. The van der Waals surface area contributed by atoms with Crippen molar-refractivity contribution in [1.29, 1.82) is 0 Å². The first kappa shape index (κ1) is 30.9. The van der Waals surface area contributed by atoms with Crippen LogP contribution in [-0.4, -0.2) is 12.6 Å². The van der Waals surface area contributed by atoms with E-state index < -0.39 is 0 Å². The van der Waals surface area contributed by atoms with Gasteiger partial charge in [-0.15, -0.1) is 0 Å². The molecule has 0 aromatic heterocycles. The zero-order valence-corrected chi connectivity index (χ0v) is 24.2. The van der Waals surface area contributed by atoms with Gasteiger partial charge in [-0.05, 0) is 50.0 Å². The molecule has 0 radical (unpaired) electrons. The van der Waals surface area contributed by atoms with Crippen LogP contribution >= 0.6 is 0 Å². The third kappa shape index (κ3) is 12.8. The average molecular weight is 499 g/mol. The van der Waals surface area contributed by atoms with Gasteiger partial charge in [-0.25, -0.2) is 0 Å². The van der Waals surface area contributed by atoms with E-state index >= 15 is 0 Å². The van der Waals surface area contributed by atoms with Gasteiger partial charge in [0.05, 0.1) is 12.5 Å². The Morgan fingerprint density at radius 1 is 0.722 bits per heavy atom. The molecular formula is C34H58O2. The van der Waals surface area contributed by atoms with Crippen LogP contribution in [0.5, 0.6) is 0 Å². The molecular weight excluding hydrogens is 440 g/mol. The van der Waals surface area contributed by atoms with Crippen molar-refractivity contribution in [2.75, 3.05) is 6.61 Å². The fourth-order valence-electron chi connectivity index (χ4n) is 6.04. The number of benzene rings is 1. The molecule has 0 bridgehead atoms. The van der Waals surface area contributed by atoms with Crippen LogP contribution in [0.2, 0.25) is 0 Å². The van der Waals surface area contributed by atoms with Crippen LogP contribution in [0.25, 0.3) is 0 Å². The van der Waals surface area contributed by atoms with Gasteiger partial charge in [0.2, 0.25) is 0 Å². The van der Waals surface area contributed by atoms with Crippen molar-refractivity contribution < 1.29 is 9.53 Å². The Morgan fingerprint density at radius 3 is 1.69 bits per heavy atom. The highest BCUT2D eigenvalue weighted by Crippen LogP contribution is 2.37. The number of carbonyl (C=O) groups excluding carboxylic acids is 1. The van der Waals surface area contributed by atoms with Gasteiger partial charge in [-0.3, -0.25) is 4.79 Å². The Hall–Kier alpha value is -1.31. The summed E-state index contributed by atoms with van der Waals surface area (Å²) in [5.41, 5.74) is 1.57. The van der Waals surface area contributed by atoms with Crippen LogP contribution < -0.4 is 0 Å². The SMILES string of the molecule is CCCCCCCCCCC(C)(CCCCCCCC)COC(=O)C1CCC(c2ccccc2)CC1. The van der Waals surface area contributed by atoms with Gasteiger partial charge in [0.15, 0.2) is 0 Å². The van der Waals surface area contributed by atoms with Crippen molar-refractivity contribution in [2.24, 2.45) is 11.3 Å². The quantitative estimate of drug-likeness (QED) is 0.132. The monoisotopic (exact) mass is 498 g/mol. The molecule has 1 fully saturated rings. The van der Waals surface area contributed by atoms with E-state index in [1.807, 2.05) is 0 Å². The molecule has 1 aromatic rings. The third-order valence-electron chi connectivity index (χ3n) is 8.66. The lowest BCUT2D eigenvalue weighted by Crippen LogP contribution is -2.29. The minimum absolute atomic E-state index is 0.0756. The van der Waals surface area contributed by atoms with Gasteiger partial charge in [0, 0.05) is 5.41 Å². The predicted molar refractivity (Wildman–Crippen MR) is 155 cm³/mol. The molecule has 1 saturated carbocycles. The lowest BCUT2D eigenvalue weighted by atomic mass is 9.78. The number of hydrogen-bond acceptors (Lipinski definition) is 2. The van der Waals surface area contributed by atoms with E-state index in [4.69, 9.17) is 4.74 Å². The number of hydrogen-bond donors (Lipinski definition) is 0. The van der Waals surface area contributed by atoms with E-state index in [1.54, 1.807) is 0 Å². The Bertz CT molecular complexity index is 661. The summed E-state index contributed by atoms with van der Waals surface area (Å²) in [7, 11) is 0. The second-order valence-electron chi connectivity index (χ2n) is 12.1. The number of ether oxygens (including phenoxy) is 1. The molecule has 0 N–H and O–H groups in total. The van der Waals surface area contributed by atoms with Crippen LogP contribution in [0.3, 0.4) is 0 Å². The molecule has 2 rings (SSSR count). The van der Waals surface area contributed by atoms with Crippen molar-refractivity contribution >= 4 is 5.97 Å². The number of unbranched alkanes of at least 4 members (excludes halogenated alkanes) is 12. The van der Waals surface area contributed by atoms with Crippen LogP contribution in [0.15, 0.2) is 30.3 Å². The second-order valence-corrected chi connectivity index (χ2v) is 12.1. The summed E-state index contributed by atoms with van der Waals surface area (Å²) in [5, 5.41) is 0. The molecule has 36 heavy (non-hydrogen) atoms. The van der Waals surface area contributed by atoms with E-state index in [0.29, 0.717) is 12.5 Å². The fraction of sp³-hybridized carbons (Fsp3) is 0.794. The molecule has 0 spiro atoms. The van der Waals surface area contributed by atoms with E-state index in [2.05, 4.69) is 51.1 Å². The molecule has 0 aliphatic heterocycles. The highest BCUT2D eigenvalue weighted by molar-refractivity contribution is 5.72. The highest BCUT2D eigenvalue weighted by Gasteiger charge is 2.31. The molecule has 0 amide bonds. The molecule has 1 aromatic carbocycles. The summed E-state index contributed by atoms with van der Waals surface area (Å²) in [6, 6.07) is 10.8. The zero-order chi connectivity index (χ0) is 25.9. The van der Waals surface area contributed by atoms with Gasteiger partial charge < -0.3 is 4.74 Å². The molecule has 206 valence electrons. The van der Waals surface area contributed by atoms with Gasteiger partial charge >= 0.3 is 5.97 Å². The Morgan fingerprint density at radius 2 is 1.19 bits per heavy atom. The van der Waals surface area contributed by atoms with Crippen molar-refractivity contribution in [2.45, 2.75) is 155 Å². The topological polar surface area (TPSA) is 26.3 Å². The minimum Gasteiger partial charge on any atom is -0.465 e. The van der Waals surface area contributed by atoms with Gasteiger partial charge in [-0.2, -0.15) is 0 Å². The van der Waals surface area contributed by atoms with Crippen molar-refractivity contribution in [3.63, 3.8) is 0 Å². The van der Waals surface area contributed by atoms with Crippen LogP contribution in [0.4, 0.5) is 0 Å². The standard InChI is InChI=1S/C34H58O2/c1-4-6-8-10-12-13-15-20-28-34(3,27-19-14-11-9-7-5-2)29-36-33(35)32-25-23-31(24-26-32)30-21-17-16-18-22-30/h16-18,21-22,31-32H,4-15,19-20,23-29H2,1-3H3.